The van der Waals surface area contributed by atoms with E-state index in [1.54, 1.807) is 17.8 Å². The first-order valence-electron chi connectivity index (χ1n) is 4.77. The van der Waals surface area contributed by atoms with E-state index in [4.69, 9.17) is 23.2 Å². The van der Waals surface area contributed by atoms with Crippen molar-refractivity contribution in [1.29, 1.82) is 0 Å². The molecule has 0 radical (unpaired) electrons. The lowest BCUT2D eigenvalue weighted by Gasteiger charge is -2.17. The quantitative estimate of drug-likeness (QED) is 0.827. The number of hydrogen-bond acceptors (Lipinski definition) is 2. The molecule has 4 heteroatoms. The number of hydrogen-bond donors (Lipinski definition) is 1. The summed E-state index contributed by atoms with van der Waals surface area (Å²) in [4.78, 5) is 1.04. The zero-order valence-electron chi connectivity index (χ0n) is 8.71. The number of aliphatic hydroxyl groups excluding tert-OH is 1. The monoisotopic (exact) mass is 264 g/mol. The molecule has 0 saturated heterocycles. The van der Waals surface area contributed by atoms with Crippen molar-refractivity contribution in [3.8, 4) is 0 Å². The van der Waals surface area contributed by atoms with E-state index in [0.29, 0.717) is 16.0 Å². The third-order valence-corrected chi connectivity index (χ3v) is 4.36. The van der Waals surface area contributed by atoms with Crippen molar-refractivity contribution in [2.75, 3.05) is 6.61 Å². The highest BCUT2D eigenvalue weighted by Gasteiger charge is 2.14. The minimum Gasteiger partial charge on any atom is -0.395 e. The molecule has 15 heavy (non-hydrogen) atoms. The molecule has 1 aromatic rings. The molecule has 0 bridgehead atoms. The number of aliphatic hydroxyl groups is 1. The van der Waals surface area contributed by atoms with Crippen LogP contribution in [-0.2, 0) is 0 Å². The molecule has 0 aliphatic rings. The number of halogens is 2. The molecule has 1 unspecified atom stereocenters. The van der Waals surface area contributed by atoms with Crippen LogP contribution in [0, 0.1) is 5.92 Å². The van der Waals surface area contributed by atoms with E-state index in [9.17, 15) is 5.11 Å². The summed E-state index contributed by atoms with van der Waals surface area (Å²) < 4.78 is 0. The van der Waals surface area contributed by atoms with Gasteiger partial charge in [-0.3, -0.25) is 0 Å². The SMILES string of the molecule is CC(C)C(CO)Sc1ccc(Cl)c(Cl)c1. The molecule has 1 rings (SSSR count). The van der Waals surface area contributed by atoms with Crippen LogP contribution in [0.2, 0.25) is 10.0 Å². The van der Waals surface area contributed by atoms with Crippen molar-refractivity contribution in [2.45, 2.75) is 24.0 Å². The molecule has 0 amide bonds. The highest BCUT2D eigenvalue weighted by molar-refractivity contribution is 8.00. The van der Waals surface area contributed by atoms with E-state index >= 15 is 0 Å². The molecule has 1 atom stereocenters. The van der Waals surface area contributed by atoms with Gasteiger partial charge in [0.05, 0.1) is 16.7 Å². The van der Waals surface area contributed by atoms with Gasteiger partial charge in [-0.1, -0.05) is 37.0 Å². The highest BCUT2D eigenvalue weighted by atomic mass is 35.5. The van der Waals surface area contributed by atoms with Crippen LogP contribution in [0.25, 0.3) is 0 Å². The van der Waals surface area contributed by atoms with Crippen molar-refractivity contribution >= 4 is 35.0 Å². The van der Waals surface area contributed by atoms with E-state index < -0.39 is 0 Å². The second-order valence-electron chi connectivity index (χ2n) is 3.66. The summed E-state index contributed by atoms with van der Waals surface area (Å²) in [5.41, 5.74) is 0. The molecule has 84 valence electrons. The average molecular weight is 265 g/mol. The molecule has 0 spiro atoms. The Labute approximate surface area is 105 Å². The largest absolute Gasteiger partial charge is 0.395 e. The van der Waals surface area contributed by atoms with Crippen molar-refractivity contribution in [3.05, 3.63) is 28.2 Å². The second-order valence-corrected chi connectivity index (χ2v) is 5.79. The van der Waals surface area contributed by atoms with Crippen LogP contribution in [0.5, 0.6) is 0 Å². The predicted octanol–water partition coefficient (Wildman–Crippen LogP) is 4.10. The maximum absolute atomic E-state index is 9.20. The minimum absolute atomic E-state index is 0.169. The molecule has 0 aliphatic heterocycles. The van der Waals surface area contributed by atoms with Gasteiger partial charge in [0.2, 0.25) is 0 Å². The Morgan fingerprint density at radius 2 is 1.93 bits per heavy atom. The van der Waals surface area contributed by atoms with Crippen LogP contribution in [-0.4, -0.2) is 17.0 Å². The van der Waals surface area contributed by atoms with Gasteiger partial charge in [0.25, 0.3) is 0 Å². The Morgan fingerprint density at radius 1 is 1.27 bits per heavy atom. The van der Waals surface area contributed by atoms with Crippen LogP contribution < -0.4 is 0 Å². The fourth-order valence-electron chi connectivity index (χ4n) is 1.11. The lowest BCUT2D eigenvalue weighted by atomic mass is 10.1. The van der Waals surface area contributed by atoms with E-state index in [0.717, 1.165) is 4.90 Å². The molecule has 0 heterocycles. The lowest BCUT2D eigenvalue weighted by Crippen LogP contribution is -2.15. The van der Waals surface area contributed by atoms with Gasteiger partial charge in [0, 0.05) is 10.1 Å². The topological polar surface area (TPSA) is 20.2 Å². The number of benzene rings is 1. The Kier molecular flexibility index (Phi) is 5.27. The lowest BCUT2D eigenvalue weighted by molar-refractivity contribution is 0.275. The van der Waals surface area contributed by atoms with Gasteiger partial charge >= 0.3 is 0 Å². The first-order valence-corrected chi connectivity index (χ1v) is 6.40. The maximum Gasteiger partial charge on any atom is 0.0603 e. The minimum atomic E-state index is 0.169. The molecule has 1 aromatic carbocycles. The summed E-state index contributed by atoms with van der Waals surface area (Å²) in [5.74, 6) is 0.425. The van der Waals surface area contributed by atoms with E-state index in [1.165, 1.54) is 0 Å². The fourth-order valence-corrected chi connectivity index (χ4v) is 2.50. The number of thioether (sulfide) groups is 1. The maximum atomic E-state index is 9.20. The summed E-state index contributed by atoms with van der Waals surface area (Å²) in [7, 11) is 0. The van der Waals surface area contributed by atoms with Crippen LogP contribution in [0.3, 0.4) is 0 Å². The van der Waals surface area contributed by atoms with Crippen LogP contribution in [0.4, 0.5) is 0 Å². The molecule has 1 N–H and O–H groups in total. The van der Waals surface area contributed by atoms with Gasteiger partial charge in [-0.25, -0.2) is 0 Å². The van der Waals surface area contributed by atoms with Crippen molar-refractivity contribution in [3.63, 3.8) is 0 Å². The summed E-state index contributed by atoms with van der Waals surface area (Å²) in [6.07, 6.45) is 0. The van der Waals surface area contributed by atoms with Crippen LogP contribution in [0.1, 0.15) is 13.8 Å². The Morgan fingerprint density at radius 3 is 2.40 bits per heavy atom. The van der Waals surface area contributed by atoms with E-state index in [1.807, 2.05) is 12.1 Å². The highest BCUT2D eigenvalue weighted by Crippen LogP contribution is 2.32. The summed E-state index contributed by atoms with van der Waals surface area (Å²) in [6, 6.07) is 5.53. The van der Waals surface area contributed by atoms with Crippen molar-refractivity contribution in [1.82, 2.24) is 0 Å². The fraction of sp³-hybridized carbons (Fsp3) is 0.455. The molecular weight excluding hydrogens is 251 g/mol. The first kappa shape index (κ1) is 13.2. The van der Waals surface area contributed by atoms with Crippen molar-refractivity contribution < 1.29 is 5.11 Å². The van der Waals surface area contributed by atoms with Gasteiger partial charge in [0.1, 0.15) is 0 Å². The summed E-state index contributed by atoms with van der Waals surface area (Å²) in [5, 5.41) is 10.5. The molecular formula is C11H14Cl2OS. The van der Waals surface area contributed by atoms with Gasteiger partial charge < -0.3 is 5.11 Å². The Bertz CT molecular complexity index is 328. The van der Waals surface area contributed by atoms with Gasteiger partial charge in [-0.05, 0) is 24.1 Å². The zero-order chi connectivity index (χ0) is 11.4. The Balaban J connectivity index is 2.75. The zero-order valence-corrected chi connectivity index (χ0v) is 11.0. The molecule has 1 nitrogen and oxygen atoms in total. The molecule has 0 aliphatic carbocycles. The van der Waals surface area contributed by atoms with Crippen LogP contribution in [0.15, 0.2) is 23.1 Å². The summed E-state index contributed by atoms with van der Waals surface area (Å²) >= 11 is 13.4. The second kappa shape index (κ2) is 6.00. The van der Waals surface area contributed by atoms with Crippen molar-refractivity contribution in [2.24, 2.45) is 5.92 Å². The standard InChI is InChI=1S/C11H14Cl2OS/c1-7(2)11(6-14)15-8-3-4-9(12)10(13)5-8/h3-5,7,11,14H,6H2,1-2H3. The van der Waals surface area contributed by atoms with Gasteiger partial charge in [0.15, 0.2) is 0 Å². The third-order valence-electron chi connectivity index (χ3n) is 2.10. The smallest absolute Gasteiger partial charge is 0.0603 e. The summed E-state index contributed by atoms with van der Waals surface area (Å²) in [6.45, 7) is 4.35. The normalized spacial score (nSPS) is 13.2. The van der Waals surface area contributed by atoms with E-state index in [2.05, 4.69) is 13.8 Å². The molecule has 0 aromatic heterocycles. The molecule has 0 fully saturated rings. The number of rotatable bonds is 4. The Hall–Kier alpha value is 0.110. The average Bonchev–Trinajstić information content (AvgIpc) is 2.19. The first-order chi connectivity index (χ1) is 7.04. The van der Waals surface area contributed by atoms with Gasteiger partial charge in [-0.15, -0.1) is 11.8 Å². The van der Waals surface area contributed by atoms with E-state index in [-0.39, 0.29) is 11.9 Å². The van der Waals surface area contributed by atoms with Gasteiger partial charge in [-0.2, -0.15) is 0 Å². The third kappa shape index (κ3) is 3.87. The van der Waals surface area contributed by atoms with Crippen LogP contribution >= 0.6 is 35.0 Å². The predicted molar refractivity (Wildman–Crippen MR) is 68.0 cm³/mol. The molecule has 0 saturated carbocycles.